The number of carbonyl (C=O) groups is 1. The SMILES string of the molecule is COc1cc(C(=O)c2ccc3c(c2)CCN3)ccc1Cl. The smallest absolute Gasteiger partial charge is 0.193 e. The summed E-state index contributed by atoms with van der Waals surface area (Å²) in [6.07, 6.45) is 0.959. The molecule has 4 heteroatoms. The first-order valence-electron chi connectivity index (χ1n) is 6.44. The minimum Gasteiger partial charge on any atom is -0.495 e. The summed E-state index contributed by atoms with van der Waals surface area (Å²) in [5, 5.41) is 3.79. The van der Waals surface area contributed by atoms with Crippen LogP contribution in [0.5, 0.6) is 5.75 Å². The van der Waals surface area contributed by atoms with E-state index in [0.29, 0.717) is 21.9 Å². The zero-order chi connectivity index (χ0) is 14.1. The number of rotatable bonds is 3. The summed E-state index contributed by atoms with van der Waals surface area (Å²) in [6, 6.07) is 10.8. The zero-order valence-electron chi connectivity index (χ0n) is 11.1. The number of carbonyl (C=O) groups excluding carboxylic acids is 1. The number of benzene rings is 2. The van der Waals surface area contributed by atoms with Crippen LogP contribution in [0, 0.1) is 0 Å². The van der Waals surface area contributed by atoms with E-state index in [1.807, 2.05) is 18.2 Å². The molecule has 2 aromatic rings. The van der Waals surface area contributed by atoms with Crippen LogP contribution in [0.2, 0.25) is 5.02 Å². The highest BCUT2D eigenvalue weighted by molar-refractivity contribution is 6.32. The molecule has 2 aromatic carbocycles. The molecule has 3 nitrogen and oxygen atoms in total. The predicted molar refractivity (Wildman–Crippen MR) is 80.1 cm³/mol. The molecule has 20 heavy (non-hydrogen) atoms. The highest BCUT2D eigenvalue weighted by Gasteiger charge is 2.15. The molecule has 0 saturated heterocycles. The average Bonchev–Trinajstić information content (AvgIpc) is 2.94. The number of anilines is 1. The van der Waals surface area contributed by atoms with Crippen molar-refractivity contribution in [3.63, 3.8) is 0 Å². The second-order valence-corrected chi connectivity index (χ2v) is 5.13. The van der Waals surface area contributed by atoms with E-state index in [1.54, 1.807) is 18.2 Å². The lowest BCUT2D eigenvalue weighted by Gasteiger charge is -2.07. The number of methoxy groups -OCH3 is 1. The molecule has 1 heterocycles. The minimum absolute atomic E-state index is 0.0188. The summed E-state index contributed by atoms with van der Waals surface area (Å²) >= 11 is 5.98. The van der Waals surface area contributed by atoms with E-state index in [-0.39, 0.29) is 5.78 Å². The first kappa shape index (κ1) is 13.0. The van der Waals surface area contributed by atoms with Crippen LogP contribution in [-0.4, -0.2) is 19.4 Å². The Bertz CT molecular complexity index is 669. The van der Waals surface area contributed by atoms with Gasteiger partial charge in [0.1, 0.15) is 5.75 Å². The van der Waals surface area contributed by atoms with Gasteiger partial charge in [-0.3, -0.25) is 4.79 Å². The van der Waals surface area contributed by atoms with Crippen LogP contribution in [0.15, 0.2) is 36.4 Å². The van der Waals surface area contributed by atoms with Gasteiger partial charge in [0, 0.05) is 23.4 Å². The maximum Gasteiger partial charge on any atom is 0.193 e. The van der Waals surface area contributed by atoms with E-state index < -0.39 is 0 Å². The van der Waals surface area contributed by atoms with Crippen LogP contribution in [-0.2, 0) is 6.42 Å². The Balaban J connectivity index is 1.96. The van der Waals surface area contributed by atoms with Crippen LogP contribution in [0.25, 0.3) is 0 Å². The standard InChI is InChI=1S/C16H14ClNO2/c1-20-15-9-12(2-4-13(15)17)16(19)11-3-5-14-10(8-11)6-7-18-14/h2-5,8-9,18H,6-7H2,1H3. The molecule has 0 atom stereocenters. The van der Waals surface area contributed by atoms with Crippen LogP contribution < -0.4 is 10.1 Å². The maximum absolute atomic E-state index is 12.5. The summed E-state index contributed by atoms with van der Waals surface area (Å²) in [5.41, 5.74) is 3.58. The Labute approximate surface area is 122 Å². The molecule has 0 spiro atoms. The van der Waals surface area contributed by atoms with E-state index >= 15 is 0 Å². The highest BCUT2D eigenvalue weighted by Crippen LogP contribution is 2.28. The molecular formula is C16H14ClNO2. The van der Waals surface area contributed by atoms with Crippen molar-refractivity contribution in [3.8, 4) is 5.75 Å². The van der Waals surface area contributed by atoms with Crippen molar-refractivity contribution < 1.29 is 9.53 Å². The third-order valence-corrected chi connectivity index (χ3v) is 3.80. The largest absolute Gasteiger partial charge is 0.495 e. The minimum atomic E-state index is -0.0188. The molecule has 1 N–H and O–H groups in total. The van der Waals surface area contributed by atoms with Gasteiger partial charge < -0.3 is 10.1 Å². The molecule has 0 saturated carbocycles. The van der Waals surface area contributed by atoms with Gasteiger partial charge in [0.05, 0.1) is 12.1 Å². The maximum atomic E-state index is 12.5. The van der Waals surface area contributed by atoms with E-state index in [4.69, 9.17) is 16.3 Å². The fourth-order valence-electron chi connectivity index (χ4n) is 2.41. The Hall–Kier alpha value is -2.00. The van der Waals surface area contributed by atoms with E-state index in [2.05, 4.69) is 5.32 Å². The average molecular weight is 288 g/mol. The van der Waals surface area contributed by atoms with E-state index in [1.165, 1.54) is 12.7 Å². The van der Waals surface area contributed by atoms with Gasteiger partial charge in [-0.25, -0.2) is 0 Å². The fraction of sp³-hybridized carbons (Fsp3) is 0.188. The summed E-state index contributed by atoms with van der Waals surface area (Å²) in [6.45, 7) is 0.932. The molecule has 1 aliphatic heterocycles. The summed E-state index contributed by atoms with van der Waals surface area (Å²) in [7, 11) is 1.54. The first-order chi connectivity index (χ1) is 9.69. The third-order valence-electron chi connectivity index (χ3n) is 3.49. The number of hydrogen-bond acceptors (Lipinski definition) is 3. The molecule has 1 aliphatic rings. The number of hydrogen-bond donors (Lipinski definition) is 1. The number of ether oxygens (including phenoxy) is 1. The first-order valence-corrected chi connectivity index (χ1v) is 6.82. The Morgan fingerprint density at radius 2 is 1.95 bits per heavy atom. The van der Waals surface area contributed by atoms with Crippen molar-refractivity contribution >= 4 is 23.1 Å². The second kappa shape index (κ2) is 5.17. The van der Waals surface area contributed by atoms with Gasteiger partial charge in [-0.1, -0.05) is 11.6 Å². The monoisotopic (exact) mass is 287 g/mol. The molecular weight excluding hydrogens is 274 g/mol. The molecule has 3 rings (SSSR count). The van der Waals surface area contributed by atoms with Crippen LogP contribution in [0.1, 0.15) is 21.5 Å². The van der Waals surface area contributed by atoms with Crippen molar-refractivity contribution in [3.05, 3.63) is 58.1 Å². The number of fused-ring (bicyclic) bond motifs is 1. The quantitative estimate of drug-likeness (QED) is 0.878. The Morgan fingerprint density at radius 1 is 1.20 bits per heavy atom. The Morgan fingerprint density at radius 3 is 2.75 bits per heavy atom. The lowest BCUT2D eigenvalue weighted by molar-refractivity contribution is 0.103. The number of halogens is 1. The Kier molecular flexibility index (Phi) is 3.36. The van der Waals surface area contributed by atoms with Gasteiger partial charge in [0.15, 0.2) is 5.78 Å². The van der Waals surface area contributed by atoms with Crippen molar-refractivity contribution in [2.45, 2.75) is 6.42 Å². The second-order valence-electron chi connectivity index (χ2n) is 4.73. The van der Waals surface area contributed by atoms with E-state index in [0.717, 1.165) is 18.7 Å². The summed E-state index contributed by atoms with van der Waals surface area (Å²) in [5.74, 6) is 0.495. The van der Waals surface area contributed by atoms with Crippen molar-refractivity contribution in [1.82, 2.24) is 0 Å². The molecule has 0 radical (unpaired) electrons. The number of nitrogens with one attached hydrogen (secondary N) is 1. The number of ketones is 1. The van der Waals surface area contributed by atoms with Gasteiger partial charge in [-0.05, 0) is 48.4 Å². The zero-order valence-corrected chi connectivity index (χ0v) is 11.8. The van der Waals surface area contributed by atoms with Crippen LogP contribution in [0.3, 0.4) is 0 Å². The van der Waals surface area contributed by atoms with Crippen LogP contribution in [0.4, 0.5) is 5.69 Å². The molecule has 0 unspecified atom stereocenters. The topological polar surface area (TPSA) is 38.3 Å². The van der Waals surface area contributed by atoms with Crippen molar-refractivity contribution in [2.75, 3.05) is 19.0 Å². The van der Waals surface area contributed by atoms with Gasteiger partial charge in [0.2, 0.25) is 0 Å². The summed E-state index contributed by atoms with van der Waals surface area (Å²) < 4.78 is 5.15. The summed E-state index contributed by atoms with van der Waals surface area (Å²) in [4.78, 5) is 12.5. The normalized spacial score (nSPS) is 12.7. The molecule has 0 bridgehead atoms. The molecule has 0 aromatic heterocycles. The molecule has 0 amide bonds. The van der Waals surface area contributed by atoms with Crippen molar-refractivity contribution in [2.24, 2.45) is 0 Å². The van der Waals surface area contributed by atoms with Gasteiger partial charge >= 0.3 is 0 Å². The van der Waals surface area contributed by atoms with Gasteiger partial charge in [-0.2, -0.15) is 0 Å². The van der Waals surface area contributed by atoms with Crippen LogP contribution >= 0.6 is 11.6 Å². The third kappa shape index (κ3) is 2.25. The van der Waals surface area contributed by atoms with Gasteiger partial charge in [-0.15, -0.1) is 0 Å². The lowest BCUT2D eigenvalue weighted by atomic mass is 10.00. The lowest BCUT2D eigenvalue weighted by Crippen LogP contribution is -2.02. The molecule has 0 aliphatic carbocycles. The molecule has 102 valence electrons. The van der Waals surface area contributed by atoms with E-state index in [9.17, 15) is 4.79 Å². The predicted octanol–water partition coefficient (Wildman–Crippen LogP) is 3.55. The fourth-order valence-corrected chi connectivity index (χ4v) is 2.61. The van der Waals surface area contributed by atoms with Gasteiger partial charge in [0.25, 0.3) is 0 Å². The molecule has 0 fully saturated rings. The highest BCUT2D eigenvalue weighted by atomic mass is 35.5. The van der Waals surface area contributed by atoms with Crippen molar-refractivity contribution in [1.29, 1.82) is 0 Å².